The van der Waals surface area contributed by atoms with Gasteiger partial charge in [-0.2, -0.15) is 13.2 Å². The van der Waals surface area contributed by atoms with Gasteiger partial charge in [0.1, 0.15) is 0 Å². The van der Waals surface area contributed by atoms with Gasteiger partial charge in [-0.15, -0.1) is 0 Å². The molecule has 0 radical (unpaired) electrons. The van der Waals surface area contributed by atoms with E-state index in [-0.39, 0.29) is 12.3 Å². The van der Waals surface area contributed by atoms with Gasteiger partial charge >= 0.3 is 6.18 Å². The molecule has 0 aliphatic heterocycles. The van der Waals surface area contributed by atoms with Crippen LogP contribution in [0.2, 0.25) is 0 Å². The topological polar surface area (TPSA) is 29.1 Å². The zero-order chi connectivity index (χ0) is 22.1. The second-order valence-corrected chi connectivity index (χ2v) is 7.90. The highest BCUT2D eigenvalue weighted by Gasteiger charge is 2.54. The average Bonchev–Trinajstić information content (AvgIpc) is 3.13. The number of alkyl halides is 4. The van der Waals surface area contributed by atoms with Gasteiger partial charge in [0.2, 0.25) is 0 Å². The number of carbonyl (C=O) groups is 1. The van der Waals surface area contributed by atoms with Gasteiger partial charge in [0.05, 0.1) is 5.56 Å². The zero-order valence-electron chi connectivity index (χ0n) is 16.6. The maximum Gasteiger partial charge on any atom is 0.416 e. The van der Waals surface area contributed by atoms with Gasteiger partial charge in [-0.05, 0) is 54.2 Å². The molecule has 0 saturated heterocycles. The smallest absolute Gasteiger partial charge is 0.323 e. The molecule has 0 aromatic heterocycles. The summed E-state index contributed by atoms with van der Waals surface area (Å²) in [4.78, 5) is 13.0. The van der Waals surface area contributed by atoms with Gasteiger partial charge in [-0.1, -0.05) is 60.7 Å². The fourth-order valence-corrected chi connectivity index (χ4v) is 4.35. The van der Waals surface area contributed by atoms with Crippen LogP contribution in [0.3, 0.4) is 0 Å². The van der Waals surface area contributed by atoms with Crippen molar-refractivity contribution in [2.75, 3.05) is 5.32 Å². The van der Waals surface area contributed by atoms with Crippen molar-refractivity contribution < 1.29 is 22.4 Å². The van der Waals surface area contributed by atoms with E-state index in [2.05, 4.69) is 5.32 Å². The van der Waals surface area contributed by atoms with Crippen molar-refractivity contribution in [1.29, 1.82) is 0 Å². The molecule has 1 aliphatic rings. The third-order valence-electron chi connectivity index (χ3n) is 5.94. The Bertz CT molecular complexity index is 1030. The second-order valence-electron chi connectivity index (χ2n) is 7.90. The number of benzene rings is 3. The largest absolute Gasteiger partial charge is 0.416 e. The molecule has 160 valence electrons. The molecule has 0 spiro atoms. The first kappa shape index (κ1) is 21.1. The molecule has 31 heavy (non-hydrogen) atoms. The van der Waals surface area contributed by atoms with Crippen LogP contribution in [0.5, 0.6) is 0 Å². The lowest BCUT2D eigenvalue weighted by molar-refractivity contribution is -0.137. The van der Waals surface area contributed by atoms with E-state index in [1.807, 2.05) is 6.07 Å². The normalized spacial score (nSPS) is 23.5. The molecular formula is C25H21F4NO. The molecule has 1 saturated carbocycles. The van der Waals surface area contributed by atoms with Crippen LogP contribution in [0, 0.1) is 0 Å². The van der Waals surface area contributed by atoms with Crippen LogP contribution >= 0.6 is 0 Å². The van der Waals surface area contributed by atoms with Gasteiger partial charge < -0.3 is 5.32 Å². The van der Waals surface area contributed by atoms with E-state index in [1.165, 1.54) is 12.1 Å². The molecule has 2 nitrogen and oxygen atoms in total. The maximum absolute atomic E-state index is 16.4. The van der Waals surface area contributed by atoms with Crippen LogP contribution in [-0.4, -0.2) is 11.6 Å². The van der Waals surface area contributed by atoms with Crippen molar-refractivity contribution >= 4 is 11.6 Å². The molecule has 1 amide bonds. The summed E-state index contributed by atoms with van der Waals surface area (Å²) in [5, 5.41) is 2.66. The van der Waals surface area contributed by atoms with Crippen molar-refractivity contribution in [3.63, 3.8) is 0 Å². The first-order valence-electron chi connectivity index (χ1n) is 10.0. The quantitative estimate of drug-likeness (QED) is 0.461. The van der Waals surface area contributed by atoms with Crippen LogP contribution in [0.4, 0.5) is 23.2 Å². The van der Waals surface area contributed by atoms with Gasteiger partial charge in [0.15, 0.2) is 5.67 Å². The number of anilines is 1. The number of carbonyl (C=O) groups excluding carboxylic acids is 1. The Labute approximate surface area is 177 Å². The molecule has 3 atom stereocenters. The Hall–Kier alpha value is -3.15. The summed E-state index contributed by atoms with van der Waals surface area (Å²) in [6.07, 6.45) is -4.20. The van der Waals surface area contributed by atoms with Gasteiger partial charge in [-0.3, -0.25) is 4.79 Å². The second kappa shape index (κ2) is 8.17. The van der Waals surface area contributed by atoms with E-state index in [9.17, 15) is 18.0 Å². The van der Waals surface area contributed by atoms with Gasteiger partial charge in [0.25, 0.3) is 5.91 Å². The Kier molecular flexibility index (Phi) is 5.56. The number of para-hydroxylation sites is 1. The third-order valence-corrected chi connectivity index (χ3v) is 5.94. The van der Waals surface area contributed by atoms with E-state index >= 15 is 4.39 Å². The fourth-order valence-electron chi connectivity index (χ4n) is 4.35. The number of nitrogens with one attached hydrogen (secondary N) is 1. The van der Waals surface area contributed by atoms with E-state index in [0.29, 0.717) is 23.2 Å². The Morgan fingerprint density at radius 2 is 1.42 bits per heavy atom. The van der Waals surface area contributed by atoms with Crippen molar-refractivity contribution in [2.24, 2.45) is 0 Å². The predicted octanol–water partition coefficient (Wildman–Crippen LogP) is 6.71. The molecule has 0 heterocycles. The van der Waals surface area contributed by atoms with E-state index in [4.69, 9.17) is 0 Å². The lowest BCUT2D eigenvalue weighted by Gasteiger charge is -2.26. The molecule has 1 aliphatic carbocycles. The molecule has 4 rings (SSSR count). The minimum Gasteiger partial charge on any atom is -0.323 e. The van der Waals surface area contributed by atoms with E-state index in [0.717, 1.165) is 12.1 Å². The van der Waals surface area contributed by atoms with Crippen LogP contribution in [-0.2, 0) is 11.0 Å². The highest BCUT2D eigenvalue weighted by molar-refractivity contribution is 5.98. The molecule has 0 unspecified atom stereocenters. The maximum atomic E-state index is 16.4. The van der Waals surface area contributed by atoms with E-state index < -0.39 is 29.2 Å². The minimum atomic E-state index is -4.43. The lowest BCUT2D eigenvalue weighted by atomic mass is 9.85. The summed E-state index contributed by atoms with van der Waals surface area (Å²) in [6, 6.07) is 22.4. The van der Waals surface area contributed by atoms with Crippen LogP contribution in [0.15, 0.2) is 84.9 Å². The summed E-state index contributed by atoms with van der Waals surface area (Å²) in [5.41, 5.74) is -1.15. The summed E-state index contributed by atoms with van der Waals surface area (Å²) in [7, 11) is 0. The van der Waals surface area contributed by atoms with Crippen molar-refractivity contribution in [3.8, 4) is 0 Å². The first-order valence-corrected chi connectivity index (χ1v) is 10.0. The Morgan fingerprint density at radius 3 is 2.00 bits per heavy atom. The molecule has 6 heteroatoms. The molecule has 1 fully saturated rings. The predicted molar refractivity (Wildman–Crippen MR) is 112 cm³/mol. The average molecular weight is 427 g/mol. The van der Waals surface area contributed by atoms with Crippen molar-refractivity contribution in [3.05, 3.63) is 102 Å². The first-order chi connectivity index (χ1) is 14.8. The van der Waals surface area contributed by atoms with Crippen molar-refractivity contribution in [1.82, 2.24) is 0 Å². The standard InChI is InChI=1S/C25H21F4NO/c26-24(23(31)30-21-9-5-2-6-10-21)16-19(15-22(24)18-7-3-1-4-8-18)17-11-13-20(14-12-17)25(27,28)29/h1-14,19,22H,15-16H2,(H,30,31)/t19-,22+,24-/m1/s1. The molecule has 3 aromatic rings. The van der Waals surface area contributed by atoms with Gasteiger partial charge in [-0.25, -0.2) is 4.39 Å². The number of hydrogen-bond acceptors (Lipinski definition) is 1. The zero-order valence-corrected chi connectivity index (χ0v) is 16.6. The van der Waals surface area contributed by atoms with Crippen LogP contribution in [0.25, 0.3) is 0 Å². The number of halogens is 4. The summed E-state index contributed by atoms with van der Waals surface area (Å²) < 4.78 is 55.1. The monoisotopic (exact) mass is 427 g/mol. The number of rotatable bonds is 4. The van der Waals surface area contributed by atoms with Crippen LogP contribution < -0.4 is 5.32 Å². The SMILES string of the molecule is O=C(Nc1ccccc1)[C@@]1(F)C[C@H](c2ccc(C(F)(F)F)cc2)C[C@H]1c1ccccc1. The summed E-state index contributed by atoms with van der Waals surface area (Å²) in [6.45, 7) is 0. The Balaban J connectivity index is 1.64. The molecule has 1 N–H and O–H groups in total. The van der Waals surface area contributed by atoms with E-state index in [1.54, 1.807) is 54.6 Å². The third kappa shape index (κ3) is 4.33. The number of hydrogen-bond donors (Lipinski definition) is 1. The summed E-state index contributed by atoms with van der Waals surface area (Å²) in [5.74, 6) is -1.81. The number of amides is 1. The van der Waals surface area contributed by atoms with Crippen LogP contribution in [0.1, 0.15) is 41.4 Å². The van der Waals surface area contributed by atoms with Crippen molar-refractivity contribution in [2.45, 2.75) is 36.5 Å². The minimum absolute atomic E-state index is 0.101. The highest BCUT2D eigenvalue weighted by Crippen LogP contribution is 2.53. The highest BCUT2D eigenvalue weighted by atomic mass is 19.4. The molecule has 3 aromatic carbocycles. The summed E-state index contributed by atoms with van der Waals surface area (Å²) >= 11 is 0. The molecular weight excluding hydrogens is 406 g/mol. The lowest BCUT2D eigenvalue weighted by Crippen LogP contribution is -2.41. The Morgan fingerprint density at radius 1 is 0.839 bits per heavy atom. The fraction of sp³-hybridized carbons (Fsp3) is 0.240. The van der Waals surface area contributed by atoms with Gasteiger partial charge in [0, 0.05) is 11.6 Å². The molecule has 0 bridgehead atoms.